The van der Waals surface area contributed by atoms with Crippen molar-refractivity contribution in [2.24, 2.45) is 0 Å². The van der Waals surface area contributed by atoms with Gasteiger partial charge in [0.25, 0.3) is 0 Å². The van der Waals surface area contributed by atoms with Crippen molar-refractivity contribution in [2.45, 2.75) is 64.1 Å². The number of alkyl carbamates (subject to hydrolysis) is 1. The van der Waals surface area contributed by atoms with E-state index in [4.69, 9.17) is 4.74 Å². The van der Waals surface area contributed by atoms with Gasteiger partial charge in [0, 0.05) is 18.3 Å². The van der Waals surface area contributed by atoms with Crippen LogP contribution in [0.15, 0.2) is 22.9 Å². The first-order valence-corrected chi connectivity index (χ1v) is 8.49. The Morgan fingerprint density at radius 1 is 1.36 bits per heavy atom. The normalized spacial score (nSPS) is 22.0. The summed E-state index contributed by atoms with van der Waals surface area (Å²) in [6.45, 7) is 5.62. The van der Waals surface area contributed by atoms with Crippen LogP contribution in [0, 0.1) is 0 Å². The lowest BCUT2D eigenvalue weighted by atomic mass is 9.91. The number of halogens is 1. The Balaban J connectivity index is 1.87. The molecule has 1 aromatic rings. The van der Waals surface area contributed by atoms with E-state index >= 15 is 0 Å². The molecule has 1 amide bonds. The molecule has 2 atom stereocenters. The van der Waals surface area contributed by atoms with Crippen LogP contribution in [0.5, 0.6) is 0 Å². The summed E-state index contributed by atoms with van der Waals surface area (Å²) < 4.78 is 6.14. The number of nitrogens with zero attached hydrogens (tertiary/aromatic N) is 1. The van der Waals surface area contributed by atoms with Gasteiger partial charge < -0.3 is 15.4 Å². The van der Waals surface area contributed by atoms with Crippen molar-refractivity contribution in [1.82, 2.24) is 10.3 Å². The molecule has 1 fully saturated rings. The Bertz CT molecular complexity index is 516. The summed E-state index contributed by atoms with van der Waals surface area (Å²) in [4.78, 5) is 16.1. The van der Waals surface area contributed by atoms with E-state index in [-0.39, 0.29) is 12.1 Å². The molecule has 22 heavy (non-hydrogen) atoms. The van der Waals surface area contributed by atoms with E-state index < -0.39 is 5.60 Å². The molecule has 5 nitrogen and oxygen atoms in total. The van der Waals surface area contributed by atoms with E-state index in [2.05, 4.69) is 31.5 Å². The van der Waals surface area contributed by atoms with Crippen molar-refractivity contribution in [3.8, 4) is 0 Å². The van der Waals surface area contributed by atoms with Gasteiger partial charge in [-0.25, -0.2) is 9.78 Å². The molecule has 0 saturated heterocycles. The van der Waals surface area contributed by atoms with Gasteiger partial charge >= 0.3 is 6.09 Å². The lowest BCUT2D eigenvalue weighted by molar-refractivity contribution is 0.0492. The minimum Gasteiger partial charge on any atom is -0.444 e. The van der Waals surface area contributed by atoms with Gasteiger partial charge in [-0.3, -0.25) is 0 Å². The fourth-order valence-corrected chi connectivity index (χ4v) is 3.00. The van der Waals surface area contributed by atoms with Gasteiger partial charge in [-0.05, 0) is 74.5 Å². The third-order valence-corrected chi connectivity index (χ3v) is 4.15. The van der Waals surface area contributed by atoms with Crippen LogP contribution in [0.4, 0.5) is 10.5 Å². The number of rotatable bonds is 3. The highest BCUT2D eigenvalue weighted by atomic mass is 79.9. The topological polar surface area (TPSA) is 63.2 Å². The lowest BCUT2D eigenvalue weighted by Gasteiger charge is -2.31. The molecule has 2 N–H and O–H groups in total. The van der Waals surface area contributed by atoms with E-state index in [9.17, 15) is 4.79 Å². The number of aromatic nitrogens is 1. The Labute approximate surface area is 140 Å². The number of carbonyl (C=O) groups excluding carboxylic acids is 1. The Kier molecular flexibility index (Phi) is 5.67. The third kappa shape index (κ3) is 5.48. The lowest BCUT2D eigenvalue weighted by Crippen LogP contribution is -2.43. The van der Waals surface area contributed by atoms with E-state index in [1.54, 1.807) is 6.20 Å². The Morgan fingerprint density at radius 3 is 2.77 bits per heavy atom. The molecular weight excluding hydrogens is 346 g/mol. The van der Waals surface area contributed by atoms with Crippen molar-refractivity contribution in [3.63, 3.8) is 0 Å². The second-order valence-corrected chi connectivity index (χ2v) is 7.44. The third-order valence-electron chi connectivity index (χ3n) is 3.51. The molecule has 0 aliphatic heterocycles. The van der Waals surface area contributed by atoms with Crippen LogP contribution in [0.25, 0.3) is 0 Å². The van der Waals surface area contributed by atoms with Crippen molar-refractivity contribution < 1.29 is 9.53 Å². The summed E-state index contributed by atoms with van der Waals surface area (Å²) in [6, 6.07) is 4.39. The van der Waals surface area contributed by atoms with Gasteiger partial charge in [0.2, 0.25) is 0 Å². The zero-order valence-electron chi connectivity index (χ0n) is 13.4. The summed E-state index contributed by atoms with van der Waals surface area (Å²) in [7, 11) is 0. The SMILES string of the molecule is CC(C)(C)OC(=O)NC1CCCC(Nc2cccnc2Br)C1. The summed E-state index contributed by atoms with van der Waals surface area (Å²) in [5.74, 6) is 0. The molecule has 1 aromatic heterocycles. The van der Waals surface area contributed by atoms with Crippen LogP contribution in [-0.4, -0.2) is 28.8 Å². The molecule has 2 rings (SSSR count). The average Bonchev–Trinajstić information content (AvgIpc) is 2.39. The van der Waals surface area contributed by atoms with Crippen molar-refractivity contribution in [3.05, 3.63) is 22.9 Å². The van der Waals surface area contributed by atoms with E-state index in [0.29, 0.717) is 6.04 Å². The van der Waals surface area contributed by atoms with Gasteiger partial charge in [-0.2, -0.15) is 0 Å². The first-order chi connectivity index (χ1) is 10.3. The predicted octanol–water partition coefficient (Wildman–Crippen LogP) is 4.09. The number of hydrogen-bond donors (Lipinski definition) is 2. The molecular formula is C16H24BrN3O2. The minimum absolute atomic E-state index is 0.150. The average molecular weight is 370 g/mol. The van der Waals surface area contributed by atoms with Crippen LogP contribution in [-0.2, 0) is 4.74 Å². The van der Waals surface area contributed by atoms with E-state index in [1.807, 2.05) is 32.9 Å². The van der Waals surface area contributed by atoms with Gasteiger partial charge in [0.05, 0.1) is 5.69 Å². The number of nitrogens with one attached hydrogen (secondary N) is 2. The first-order valence-electron chi connectivity index (χ1n) is 7.70. The van der Waals surface area contributed by atoms with Crippen molar-refractivity contribution in [1.29, 1.82) is 0 Å². The standard InChI is InChI=1S/C16H24BrN3O2/c1-16(2,3)22-15(21)20-12-7-4-6-11(10-12)19-13-8-5-9-18-14(13)17/h5,8-9,11-12,19H,4,6-7,10H2,1-3H3,(H,20,21). The summed E-state index contributed by atoms with van der Waals surface area (Å²) >= 11 is 3.45. The second-order valence-electron chi connectivity index (χ2n) is 6.69. The fourth-order valence-electron chi connectivity index (χ4n) is 2.64. The second kappa shape index (κ2) is 7.31. The largest absolute Gasteiger partial charge is 0.444 e. The number of anilines is 1. The number of pyridine rings is 1. The molecule has 0 radical (unpaired) electrons. The number of carbonyl (C=O) groups is 1. The first kappa shape index (κ1) is 17.1. The predicted molar refractivity (Wildman–Crippen MR) is 91.0 cm³/mol. The highest BCUT2D eigenvalue weighted by molar-refractivity contribution is 9.10. The van der Waals surface area contributed by atoms with Crippen LogP contribution in [0.3, 0.4) is 0 Å². The minimum atomic E-state index is -0.461. The number of hydrogen-bond acceptors (Lipinski definition) is 4. The monoisotopic (exact) mass is 369 g/mol. The van der Waals surface area contributed by atoms with Crippen LogP contribution in [0.2, 0.25) is 0 Å². The van der Waals surface area contributed by atoms with E-state index in [1.165, 1.54) is 0 Å². The zero-order valence-corrected chi connectivity index (χ0v) is 14.9. The van der Waals surface area contributed by atoms with Gasteiger partial charge in [-0.1, -0.05) is 0 Å². The summed E-state index contributed by atoms with van der Waals surface area (Å²) in [5.41, 5.74) is 0.530. The molecule has 6 heteroatoms. The van der Waals surface area contributed by atoms with Gasteiger partial charge in [0.15, 0.2) is 0 Å². The Hall–Kier alpha value is -1.30. The van der Waals surface area contributed by atoms with Gasteiger partial charge in [0.1, 0.15) is 10.2 Å². The highest BCUT2D eigenvalue weighted by Crippen LogP contribution is 2.25. The molecule has 1 saturated carbocycles. The molecule has 0 bridgehead atoms. The fraction of sp³-hybridized carbons (Fsp3) is 0.625. The van der Waals surface area contributed by atoms with Gasteiger partial charge in [-0.15, -0.1) is 0 Å². The van der Waals surface area contributed by atoms with E-state index in [0.717, 1.165) is 36.0 Å². The van der Waals surface area contributed by atoms with Crippen LogP contribution in [0.1, 0.15) is 46.5 Å². The van der Waals surface area contributed by atoms with Crippen molar-refractivity contribution >= 4 is 27.7 Å². The molecule has 0 spiro atoms. The summed E-state index contributed by atoms with van der Waals surface area (Å²) in [5, 5.41) is 6.48. The summed E-state index contributed by atoms with van der Waals surface area (Å²) in [6.07, 6.45) is 5.47. The zero-order chi connectivity index (χ0) is 16.2. The highest BCUT2D eigenvalue weighted by Gasteiger charge is 2.25. The number of ether oxygens (including phenoxy) is 1. The van der Waals surface area contributed by atoms with Crippen LogP contribution >= 0.6 is 15.9 Å². The molecule has 1 aliphatic carbocycles. The molecule has 1 aliphatic rings. The molecule has 0 aromatic carbocycles. The maximum absolute atomic E-state index is 11.9. The molecule has 122 valence electrons. The maximum atomic E-state index is 11.9. The molecule has 2 unspecified atom stereocenters. The van der Waals surface area contributed by atoms with Crippen molar-refractivity contribution in [2.75, 3.05) is 5.32 Å². The quantitative estimate of drug-likeness (QED) is 0.787. The smallest absolute Gasteiger partial charge is 0.407 e. The maximum Gasteiger partial charge on any atom is 0.407 e. The Morgan fingerprint density at radius 2 is 2.09 bits per heavy atom. The van der Waals surface area contributed by atoms with Crippen LogP contribution < -0.4 is 10.6 Å². The molecule has 1 heterocycles. The number of amides is 1.